The molecule has 2 aliphatic heterocycles. The van der Waals surface area contributed by atoms with Gasteiger partial charge < -0.3 is 20.1 Å². The Kier molecular flexibility index (Phi) is 15.2. The Balaban J connectivity index is 0.000000396. The number of hydrogen-bond donors (Lipinski definition) is 3. The average Bonchev–Trinajstić information content (AvgIpc) is 3.59. The number of ether oxygens (including phenoxy) is 1. The number of thiophene rings is 1. The van der Waals surface area contributed by atoms with Crippen molar-refractivity contribution in [1.82, 2.24) is 14.8 Å². The number of nitrogens with zero attached hydrogens (tertiary/aromatic N) is 3. The summed E-state index contributed by atoms with van der Waals surface area (Å²) >= 11 is 1.79. The van der Waals surface area contributed by atoms with Crippen molar-refractivity contribution in [3.63, 3.8) is 0 Å². The summed E-state index contributed by atoms with van der Waals surface area (Å²) < 4.78 is 101. The molecule has 0 radical (unpaired) electrons. The van der Waals surface area contributed by atoms with Crippen LogP contribution in [0.4, 0.5) is 39.5 Å². The van der Waals surface area contributed by atoms with Gasteiger partial charge in [-0.05, 0) is 40.4 Å². The first-order valence-electron chi connectivity index (χ1n) is 12.5. The van der Waals surface area contributed by atoms with Gasteiger partial charge in [-0.3, -0.25) is 14.8 Å². The number of carboxylic acid groups (broad SMARTS) is 3. The van der Waals surface area contributed by atoms with Crippen molar-refractivity contribution in [3.05, 3.63) is 52.5 Å². The number of alkyl halides is 9. The fourth-order valence-corrected chi connectivity index (χ4v) is 4.96. The van der Waals surface area contributed by atoms with Crippen molar-refractivity contribution in [2.45, 2.75) is 50.2 Å². The molecule has 0 spiro atoms. The van der Waals surface area contributed by atoms with Crippen molar-refractivity contribution in [1.29, 1.82) is 0 Å². The normalized spacial score (nSPS) is 20.3. The van der Waals surface area contributed by atoms with Gasteiger partial charge in [0.15, 0.2) is 0 Å². The summed E-state index contributed by atoms with van der Waals surface area (Å²) in [7, 11) is 1.88. The number of carboxylic acids is 3. The molecule has 3 N–H and O–H groups in total. The lowest BCUT2D eigenvalue weighted by atomic mass is 9.89. The Labute approximate surface area is 253 Å². The highest BCUT2D eigenvalue weighted by molar-refractivity contribution is 7.07. The first kappa shape index (κ1) is 39.5. The molecule has 0 aromatic carbocycles. The Morgan fingerprint density at radius 3 is 1.82 bits per heavy atom. The molecule has 254 valence electrons. The van der Waals surface area contributed by atoms with Crippen LogP contribution >= 0.6 is 11.3 Å². The third kappa shape index (κ3) is 14.4. The molecule has 2 aliphatic rings. The Morgan fingerprint density at radius 2 is 1.42 bits per heavy atom. The van der Waals surface area contributed by atoms with E-state index in [2.05, 4.69) is 37.7 Å². The molecule has 3 atom stereocenters. The minimum atomic E-state index is -5.08. The number of aromatic nitrogens is 1. The summed E-state index contributed by atoms with van der Waals surface area (Å²) in [5.74, 6) is -7.66. The fourth-order valence-electron chi connectivity index (χ4n) is 4.30. The van der Waals surface area contributed by atoms with E-state index in [4.69, 9.17) is 34.4 Å². The number of rotatable bonds is 5. The summed E-state index contributed by atoms with van der Waals surface area (Å²) in [5, 5.41) is 25.8. The molecule has 45 heavy (non-hydrogen) atoms. The molecule has 0 bridgehead atoms. The van der Waals surface area contributed by atoms with E-state index < -0.39 is 36.4 Å². The molecule has 2 aromatic rings. The highest BCUT2D eigenvalue weighted by atomic mass is 32.1. The lowest BCUT2D eigenvalue weighted by Gasteiger charge is -2.41. The molecule has 0 saturated carbocycles. The molecule has 10 nitrogen and oxygen atoms in total. The van der Waals surface area contributed by atoms with E-state index in [1.165, 1.54) is 11.1 Å². The van der Waals surface area contributed by atoms with Crippen LogP contribution in [-0.2, 0) is 32.2 Å². The third-order valence-corrected chi connectivity index (χ3v) is 6.91. The molecular weight excluding hydrogens is 657 g/mol. The van der Waals surface area contributed by atoms with E-state index in [-0.39, 0.29) is 0 Å². The predicted octanol–water partition coefficient (Wildman–Crippen LogP) is 4.76. The van der Waals surface area contributed by atoms with Crippen molar-refractivity contribution in [2.75, 3.05) is 26.7 Å². The molecular formula is C25H28F9N3O7S. The van der Waals surface area contributed by atoms with Crippen LogP contribution in [0.5, 0.6) is 0 Å². The lowest BCUT2D eigenvalue weighted by molar-refractivity contribution is -0.193. The smallest absolute Gasteiger partial charge is 0.475 e. The van der Waals surface area contributed by atoms with Gasteiger partial charge in [0, 0.05) is 64.2 Å². The van der Waals surface area contributed by atoms with Gasteiger partial charge in [-0.1, -0.05) is 6.07 Å². The van der Waals surface area contributed by atoms with E-state index in [0.29, 0.717) is 18.1 Å². The van der Waals surface area contributed by atoms with Gasteiger partial charge in [-0.25, -0.2) is 14.4 Å². The summed E-state index contributed by atoms with van der Waals surface area (Å²) in [6.45, 7) is 5.45. The largest absolute Gasteiger partial charge is 0.490 e. The van der Waals surface area contributed by atoms with Gasteiger partial charge in [-0.2, -0.15) is 50.9 Å². The molecule has 0 unspecified atom stereocenters. The van der Waals surface area contributed by atoms with Gasteiger partial charge in [0.1, 0.15) is 0 Å². The van der Waals surface area contributed by atoms with Gasteiger partial charge in [0.25, 0.3) is 0 Å². The van der Waals surface area contributed by atoms with Crippen LogP contribution < -0.4 is 0 Å². The number of carbonyl (C=O) groups is 3. The first-order chi connectivity index (χ1) is 20.7. The molecule has 4 rings (SSSR count). The lowest BCUT2D eigenvalue weighted by Crippen LogP contribution is -2.50. The summed E-state index contributed by atoms with van der Waals surface area (Å²) in [5.41, 5.74) is 2.75. The molecule has 0 amide bonds. The second kappa shape index (κ2) is 17.3. The Bertz CT molecular complexity index is 1140. The van der Waals surface area contributed by atoms with Crippen LogP contribution in [-0.4, -0.2) is 105 Å². The van der Waals surface area contributed by atoms with Crippen LogP contribution in [0, 0.1) is 5.92 Å². The Morgan fingerprint density at radius 1 is 0.889 bits per heavy atom. The zero-order chi connectivity index (χ0) is 34.6. The second-order valence-corrected chi connectivity index (χ2v) is 10.1. The number of piperidine rings is 1. The average molecular weight is 686 g/mol. The van der Waals surface area contributed by atoms with E-state index in [1.54, 1.807) is 11.3 Å². The molecule has 2 saturated heterocycles. The van der Waals surface area contributed by atoms with Crippen molar-refractivity contribution in [2.24, 2.45) is 5.92 Å². The fraction of sp³-hybridized carbons (Fsp3) is 0.520. The molecule has 0 aliphatic carbocycles. The maximum absolute atomic E-state index is 10.6. The van der Waals surface area contributed by atoms with Crippen LogP contribution in [0.25, 0.3) is 0 Å². The maximum Gasteiger partial charge on any atom is 0.490 e. The minimum absolute atomic E-state index is 0.396. The zero-order valence-electron chi connectivity index (χ0n) is 23.1. The van der Waals surface area contributed by atoms with E-state index >= 15 is 0 Å². The number of fused-ring (bicyclic) bond motifs is 1. The van der Waals surface area contributed by atoms with Crippen molar-refractivity contribution < 1.29 is 74.0 Å². The van der Waals surface area contributed by atoms with Crippen LogP contribution in [0.1, 0.15) is 17.5 Å². The third-order valence-electron chi connectivity index (χ3n) is 6.18. The molecule has 20 heteroatoms. The number of likely N-dealkylation sites (tertiary alicyclic amines) is 2. The molecule has 2 aromatic heterocycles. The highest BCUT2D eigenvalue weighted by Crippen LogP contribution is 2.34. The van der Waals surface area contributed by atoms with E-state index in [0.717, 1.165) is 39.1 Å². The summed E-state index contributed by atoms with van der Waals surface area (Å²) in [4.78, 5) is 36.2. The molecule has 4 heterocycles. The summed E-state index contributed by atoms with van der Waals surface area (Å²) in [6, 6.07) is 7.05. The van der Waals surface area contributed by atoms with Crippen LogP contribution in [0.3, 0.4) is 0 Å². The van der Waals surface area contributed by atoms with Crippen LogP contribution in [0.15, 0.2) is 41.4 Å². The number of halogens is 9. The number of pyridine rings is 1. The minimum Gasteiger partial charge on any atom is -0.475 e. The predicted molar refractivity (Wildman–Crippen MR) is 138 cm³/mol. The van der Waals surface area contributed by atoms with Gasteiger partial charge in [0.2, 0.25) is 0 Å². The van der Waals surface area contributed by atoms with Gasteiger partial charge in [-0.15, -0.1) is 0 Å². The van der Waals surface area contributed by atoms with E-state index in [9.17, 15) is 39.5 Å². The van der Waals surface area contributed by atoms with Crippen molar-refractivity contribution >= 4 is 29.2 Å². The topological polar surface area (TPSA) is 140 Å². The van der Waals surface area contributed by atoms with Crippen LogP contribution in [0.2, 0.25) is 0 Å². The number of aliphatic carboxylic acids is 3. The SMILES string of the molecule is CO[C@H]1CCN(Cc2ccsc2)[C@@H]2CN(Cc3cccnc3)C[C@H]12.O=C(O)C(F)(F)F.O=C(O)C(F)(F)F.O=C(O)C(F)(F)F. The first-order valence-corrected chi connectivity index (χ1v) is 13.4. The number of methoxy groups -OCH3 is 1. The maximum atomic E-state index is 10.6. The number of hydrogen-bond acceptors (Lipinski definition) is 8. The highest BCUT2D eigenvalue weighted by Gasteiger charge is 2.44. The standard InChI is InChI=1S/C19H25N3OS.3C2HF3O2/c1-23-19-4-7-22(11-16-5-8-24-14-16)18-13-21(12-17(18)19)10-15-3-2-6-20-9-15;3*3-2(4,5)1(6)7/h2-3,5-6,8-9,14,17-19H,4,7,10-13H2,1H3;3*(H,6,7)/t17-,18+,19-;;;/m0.../s1. The van der Waals surface area contributed by atoms with Gasteiger partial charge in [0.05, 0.1) is 6.10 Å². The quantitative estimate of drug-likeness (QED) is 0.378. The summed E-state index contributed by atoms with van der Waals surface area (Å²) in [6.07, 6.45) is -9.88. The van der Waals surface area contributed by atoms with E-state index in [1.807, 2.05) is 25.6 Å². The second-order valence-electron chi connectivity index (χ2n) is 9.36. The monoisotopic (exact) mass is 685 g/mol. The van der Waals surface area contributed by atoms with Crippen molar-refractivity contribution in [3.8, 4) is 0 Å². The Hall–Kier alpha value is -3.49. The molecule has 2 fully saturated rings. The van der Waals surface area contributed by atoms with Gasteiger partial charge >= 0.3 is 36.4 Å². The zero-order valence-corrected chi connectivity index (χ0v) is 24.0.